The first kappa shape index (κ1) is 23.6. The Labute approximate surface area is 181 Å². The van der Waals surface area contributed by atoms with Crippen LogP contribution in [0.25, 0.3) is 0 Å². The molecule has 0 radical (unpaired) electrons. The number of nitrogens with one attached hydrogen (secondary N) is 2. The molecule has 0 spiro atoms. The summed E-state index contributed by atoms with van der Waals surface area (Å²) >= 11 is 1.88. The van der Waals surface area contributed by atoms with E-state index in [4.69, 9.17) is 0 Å². The lowest BCUT2D eigenvalue weighted by Crippen LogP contribution is -2.52. The summed E-state index contributed by atoms with van der Waals surface area (Å²) in [5, 5.41) is 7.10. The van der Waals surface area contributed by atoms with Gasteiger partial charge in [-0.05, 0) is 45.4 Å². The molecule has 2 N–H and O–H groups in total. The molecule has 1 fully saturated rings. The Kier molecular flexibility index (Phi) is 10.3. The van der Waals surface area contributed by atoms with Gasteiger partial charge in [0.25, 0.3) is 0 Å². The predicted molar refractivity (Wildman–Crippen MR) is 127 cm³/mol. The van der Waals surface area contributed by atoms with Gasteiger partial charge in [-0.1, -0.05) is 30.3 Å². The maximum Gasteiger partial charge on any atom is 0.191 e. The number of thioether (sulfide) groups is 1. The third-order valence-corrected chi connectivity index (χ3v) is 6.29. The Morgan fingerprint density at radius 1 is 1.31 bits per heavy atom. The number of rotatable bonds is 6. The monoisotopic (exact) mass is 490 g/mol. The Balaban J connectivity index is 0.00000338. The van der Waals surface area contributed by atoms with Crippen molar-refractivity contribution in [1.82, 2.24) is 15.5 Å². The summed E-state index contributed by atoms with van der Waals surface area (Å²) in [6.07, 6.45) is 4.46. The molecule has 26 heavy (non-hydrogen) atoms. The highest BCUT2D eigenvalue weighted by molar-refractivity contribution is 14.0. The lowest BCUT2D eigenvalue weighted by Gasteiger charge is -2.38. The van der Waals surface area contributed by atoms with E-state index in [1.54, 1.807) is 0 Å². The third-order valence-electron chi connectivity index (χ3n) is 5.04. The van der Waals surface area contributed by atoms with Crippen molar-refractivity contribution in [3.63, 3.8) is 0 Å². The van der Waals surface area contributed by atoms with Gasteiger partial charge in [-0.15, -0.1) is 24.0 Å². The molecule has 0 aliphatic carbocycles. The van der Waals surface area contributed by atoms with Gasteiger partial charge in [0.1, 0.15) is 0 Å². The van der Waals surface area contributed by atoms with E-state index in [2.05, 4.69) is 77.9 Å². The first-order chi connectivity index (χ1) is 11.9. The second-order valence-electron chi connectivity index (χ2n) is 7.56. The average Bonchev–Trinajstić information content (AvgIpc) is 2.61. The highest BCUT2D eigenvalue weighted by Gasteiger charge is 2.26. The molecule has 2 unspecified atom stereocenters. The number of guanidine groups is 1. The second-order valence-corrected chi connectivity index (χ2v) is 9.07. The fourth-order valence-electron chi connectivity index (χ4n) is 3.16. The Morgan fingerprint density at radius 3 is 2.58 bits per heavy atom. The number of aliphatic imine (C=N–C) groups is 1. The van der Waals surface area contributed by atoms with Crippen molar-refractivity contribution in [3.8, 4) is 0 Å². The molecule has 1 aliphatic heterocycles. The van der Waals surface area contributed by atoms with Crippen molar-refractivity contribution < 1.29 is 0 Å². The average molecular weight is 490 g/mol. The van der Waals surface area contributed by atoms with Gasteiger partial charge in [0.05, 0.1) is 0 Å². The molecule has 2 rings (SSSR count). The van der Waals surface area contributed by atoms with Crippen LogP contribution in [0.15, 0.2) is 35.3 Å². The van der Waals surface area contributed by atoms with Crippen molar-refractivity contribution in [1.29, 1.82) is 0 Å². The normalized spacial score (nSPS) is 21.8. The first-order valence-electron chi connectivity index (χ1n) is 9.24. The lowest BCUT2D eigenvalue weighted by atomic mass is 9.97. The summed E-state index contributed by atoms with van der Waals surface area (Å²) in [4.78, 5) is 6.99. The number of benzene rings is 1. The maximum absolute atomic E-state index is 4.40. The number of likely N-dealkylation sites (tertiary alicyclic amines) is 1. The molecular weight excluding hydrogens is 455 g/mol. The van der Waals surface area contributed by atoms with Crippen LogP contribution in [-0.4, -0.2) is 54.1 Å². The highest BCUT2D eigenvalue weighted by atomic mass is 127. The summed E-state index contributed by atoms with van der Waals surface area (Å²) < 4.78 is 0.212. The number of halogens is 1. The molecule has 6 heteroatoms. The van der Waals surface area contributed by atoms with Gasteiger partial charge in [-0.3, -0.25) is 9.89 Å². The van der Waals surface area contributed by atoms with Crippen LogP contribution in [0.1, 0.15) is 39.2 Å². The van der Waals surface area contributed by atoms with Gasteiger partial charge in [0, 0.05) is 43.5 Å². The summed E-state index contributed by atoms with van der Waals surface area (Å²) in [6.45, 7) is 9.93. The number of hydrogen-bond donors (Lipinski definition) is 2. The zero-order valence-corrected chi connectivity index (χ0v) is 19.9. The number of hydrogen-bond acceptors (Lipinski definition) is 3. The Bertz CT molecular complexity index is 550. The molecule has 4 nitrogen and oxygen atoms in total. The molecule has 0 saturated carbocycles. The molecule has 0 aromatic heterocycles. The van der Waals surface area contributed by atoms with Crippen molar-refractivity contribution in [2.45, 2.75) is 57.0 Å². The quantitative estimate of drug-likeness (QED) is 0.360. The summed E-state index contributed by atoms with van der Waals surface area (Å²) in [5.41, 5.74) is 1.40. The van der Waals surface area contributed by atoms with E-state index in [9.17, 15) is 0 Å². The zero-order valence-electron chi connectivity index (χ0n) is 16.8. The van der Waals surface area contributed by atoms with E-state index in [1.165, 1.54) is 5.56 Å². The second kappa shape index (κ2) is 11.4. The lowest BCUT2D eigenvalue weighted by molar-refractivity contribution is 0.134. The fourth-order valence-corrected chi connectivity index (χ4v) is 3.38. The van der Waals surface area contributed by atoms with Gasteiger partial charge in [-0.2, -0.15) is 11.8 Å². The predicted octanol–water partition coefficient (Wildman–Crippen LogP) is 3.96. The SMILES string of the molecule is CN=C(NCC(C)(C)SC)NC1CCN(Cc2ccccc2)C(C)C1.I. The minimum Gasteiger partial charge on any atom is -0.355 e. The molecule has 0 bridgehead atoms. The molecule has 1 aromatic carbocycles. The molecule has 1 saturated heterocycles. The maximum atomic E-state index is 4.40. The van der Waals surface area contributed by atoms with Gasteiger partial charge >= 0.3 is 0 Å². The zero-order chi connectivity index (χ0) is 18.3. The number of nitrogens with zero attached hydrogens (tertiary/aromatic N) is 2. The van der Waals surface area contributed by atoms with E-state index in [-0.39, 0.29) is 28.7 Å². The van der Waals surface area contributed by atoms with E-state index >= 15 is 0 Å². The van der Waals surface area contributed by atoms with Gasteiger partial charge in [-0.25, -0.2) is 0 Å². The molecule has 1 aliphatic rings. The standard InChI is InChI=1S/C20H34N4S.HI/c1-16-13-18(23-19(21-4)22-15-20(2,3)25-5)11-12-24(16)14-17-9-7-6-8-10-17;/h6-10,16,18H,11-15H2,1-5H3,(H2,21,22,23);1H. The van der Waals surface area contributed by atoms with E-state index in [0.29, 0.717) is 12.1 Å². The fraction of sp³-hybridized carbons (Fsp3) is 0.650. The summed E-state index contributed by atoms with van der Waals surface area (Å²) in [6, 6.07) is 11.8. The first-order valence-corrected chi connectivity index (χ1v) is 10.5. The topological polar surface area (TPSA) is 39.7 Å². The summed E-state index contributed by atoms with van der Waals surface area (Å²) in [7, 11) is 1.86. The minimum atomic E-state index is 0. The van der Waals surface area contributed by atoms with Crippen LogP contribution in [0.4, 0.5) is 0 Å². The van der Waals surface area contributed by atoms with Gasteiger partial charge in [0.15, 0.2) is 5.96 Å². The Hall–Kier alpha value is -0.470. The summed E-state index contributed by atoms with van der Waals surface area (Å²) in [5.74, 6) is 0.927. The molecule has 0 amide bonds. The highest BCUT2D eigenvalue weighted by Crippen LogP contribution is 2.21. The van der Waals surface area contributed by atoms with Crippen molar-refractivity contribution in [2.75, 3.05) is 26.4 Å². The third kappa shape index (κ3) is 7.64. The Morgan fingerprint density at radius 2 is 2.00 bits per heavy atom. The molecule has 2 atom stereocenters. The molecule has 148 valence electrons. The molecule has 1 aromatic rings. The molecule has 1 heterocycles. The minimum absolute atomic E-state index is 0. The van der Waals surface area contributed by atoms with Gasteiger partial charge < -0.3 is 10.6 Å². The van der Waals surface area contributed by atoms with Crippen LogP contribution in [0, 0.1) is 0 Å². The van der Waals surface area contributed by atoms with Crippen LogP contribution in [0.3, 0.4) is 0 Å². The van der Waals surface area contributed by atoms with Gasteiger partial charge in [0.2, 0.25) is 0 Å². The van der Waals surface area contributed by atoms with E-state index < -0.39 is 0 Å². The smallest absolute Gasteiger partial charge is 0.191 e. The van der Waals surface area contributed by atoms with Crippen LogP contribution in [0.5, 0.6) is 0 Å². The number of piperidine rings is 1. The molecular formula is C20H35IN4S. The van der Waals surface area contributed by atoms with Crippen LogP contribution >= 0.6 is 35.7 Å². The largest absolute Gasteiger partial charge is 0.355 e. The van der Waals surface area contributed by atoms with Crippen LogP contribution < -0.4 is 10.6 Å². The van der Waals surface area contributed by atoms with Crippen molar-refractivity contribution in [2.24, 2.45) is 4.99 Å². The van der Waals surface area contributed by atoms with Crippen LogP contribution in [-0.2, 0) is 6.54 Å². The van der Waals surface area contributed by atoms with E-state index in [1.807, 2.05) is 18.8 Å². The van der Waals surface area contributed by atoms with Crippen molar-refractivity contribution in [3.05, 3.63) is 35.9 Å². The van der Waals surface area contributed by atoms with Crippen molar-refractivity contribution >= 4 is 41.7 Å². The van der Waals surface area contributed by atoms with E-state index in [0.717, 1.165) is 38.4 Å². The van der Waals surface area contributed by atoms with Crippen LogP contribution in [0.2, 0.25) is 0 Å².